The van der Waals surface area contributed by atoms with Crippen LogP contribution in [0.15, 0.2) is 29.2 Å². The highest BCUT2D eigenvalue weighted by molar-refractivity contribution is 7.99. The first-order chi connectivity index (χ1) is 9.61. The maximum absolute atomic E-state index is 12.7. The largest absolute Gasteiger partial charge is 0.355 e. The molecule has 21 heavy (non-hydrogen) atoms. The minimum absolute atomic E-state index is 0. The van der Waals surface area contributed by atoms with E-state index in [1.54, 1.807) is 23.9 Å². The van der Waals surface area contributed by atoms with Crippen LogP contribution < -0.4 is 16.4 Å². The van der Waals surface area contributed by atoms with Gasteiger partial charge in [0.05, 0.1) is 13.1 Å². The van der Waals surface area contributed by atoms with Crippen molar-refractivity contribution in [3.05, 3.63) is 30.1 Å². The number of nitrogens with two attached hydrogens (primary N) is 1. The molecule has 0 aliphatic rings. The van der Waals surface area contributed by atoms with Crippen LogP contribution in [0.5, 0.6) is 0 Å². The molecule has 0 radical (unpaired) electrons. The van der Waals surface area contributed by atoms with Crippen LogP contribution in [0.4, 0.5) is 4.39 Å². The van der Waals surface area contributed by atoms with Gasteiger partial charge in [-0.2, -0.15) is 0 Å². The Morgan fingerprint density at radius 1 is 1.14 bits per heavy atom. The van der Waals surface area contributed by atoms with E-state index in [1.807, 2.05) is 0 Å². The number of thioether (sulfide) groups is 1. The number of halogens is 2. The quantitative estimate of drug-likeness (QED) is 0.487. The van der Waals surface area contributed by atoms with Crippen LogP contribution in [0, 0.1) is 5.82 Å². The van der Waals surface area contributed by atoms with Crippen LogP contribution in [0.2, 0.25) is 0 Å². The van der Waals surface area contributed by atoms with Gasteiger partial charge in [-0.3, -0.25) is 9.59 Å². The Morgan fingerprint density at radius 2 is 1.81 bits per heavy atom. The van der Waals surface area contributed by atoms with Crippen molar-refractivity contribution in [3.8, 4) is 0 Å². The lowest BCUT2D eigenvalue weighted by Crippen LogP contribution is -2.39. The van der Waals surface area contributed by atoms with Gasteiger partial charge in [-0.05, 0) is 36.4 Å². The molecule has 0 unspecified atom stereocenters. The lowest BCUT2D eigenvalue weighted by atomic mass is 10.4. The molecule has 0 heterocycles. The zero-order valence-electron chi connectivity index (χ0n) is 11.4. The fourth-order valence-corrected chi connectivity index (χ4v) is 2.19. The van der Waals surface area contributed by atoms with E-state index in [4.69, 9.17) is 5.73 Å². The molecule has 0 saturated heterocycles. The predicted octanol–water partition coefficient (Wildman–Crippen LogP) is 0.921. The summed E-state index contributed by atoms with van der Waals surface area (Å²) in [6.45, 7) is 0.355. The molecular formula is C13H19ClFN3O2S. The number of hydrogen-bond acceptors (Lipinski definition) is 4. The second-order valence-corrected chi connectivity index (χ2v) is 5.16. The summed E-state index contributed by atoms with van der Waals surface area (Å²) in [6.07, 6.45) is 0.790. The molecular weight excluding hydrogens is 317 g/mol. The highest BCUT2D eigenvalue weighted by Crippen LogP contribution is 2.18. The van der Waals surface area contributed by atoms with Gasteiger partial charge < -0.3 is 16.4 Å². The lowest BCUT2D eigenvalue weighted by molar-refractivity contribution is -0.125. The fraction of sp³-hybridized carbons (Fsp3) is 0.385. The van der Waals surface area contributed by atoms with Crippen molar-refractivity contribution in [1.29, 1.82) is 0 Å². The molecule has 1 rings (SSSR count). The maximum atomic E-state index is 12.7. The van der Waals surface area contributed by atoms with Crippen LogP contribution in [-0.4, -0.2) is 37.2 Å². The summed E-state index contributed by atoms with van der Waals surface area (Å²) in [7, 11) is 0. The minimum Gasteiger partial charge on any atom is -0.355 e. The lowest BCUT2D eigenvalue weighted by Gasteiger charge is -2.06. The van der Waals surface area contributed by atoms with Gasteiger partial charge >= 0.3 is 0 Å². The Morgan fingerprint density at radius 3 is 2.43 bits per heavy atom. The Kier molecular flexibility index (Phi) is 10.7. The van der Waals surface area contributed by atoms with Gasteiger partial charge in [-0.25, -0.2) is 4.39 Å². The molecule has 118 valence electrons. The number of benzene rings is 1. The summed E-state index contributed by atoms with van der Waals surface area (Å²) in [6, 6.07) is 6.29. The van der Waals surface area contributed by atoms with E-state index in [0.29, 0.717) is 6.54 Å². The Labute approximate surface area is 133 Å². The minimum atomic E-state index is -0.355. The summed E-state index contributed by atoms with van der Waals surface area (Å²) in [5.41, 5.74) is 5.09. The molecule has 0 bridgehead atoms. The van der Waals surface area contributed by atoms with Crippen LogP contribution in [-0.2, 0) is 9.59 Å². The van der Waals surface area contributed by atoms with E-state index in [1.165, 1.54) is 12.1 Å². The number of hydrogen-bond donors (Lipinski definition) is 3. The molecule has 0 aliphatic heterocycles. The third-order valence-corrected chi connectivity index (χ3v) is 3.46. The number of nitrogens with one attached hydrogen (secondary N) is 2. The van der Waals surface area contributed by atoms with Crippen molar-refractivity contribution >= 4 is 36.0 Å². The monoisotopic (exact) mass is 335 g/mol. The zero-order chi connectivity index (χ0) is 14.8. The average molecular weight is 336 g/mol. The van der Waals surface area contributed by atoms with Crippen molar-refractivity contribution in [3.63, 3.8) is 0 Å². The first kappa shape index (κ1) is 19.7. The summed E-state index contributed by atoms with van der Waals surface area (Å²) in [4.78, 5) is 23.1. The molecule has 0 aromatic heterocycles. The molecule has 4 N–H and O–H groups in total. The van der Waals surface area contributed by atoms with Crippen LogP contribution in [0.1, 0.15) is 6.42 Å². The van der Waals surface area contributed by atoms with Crippen molar-refractivity contribution in [2.45, 2.75) is 11.3 Å². The second kappa shape index (κ2) is 11.4. The zero-order valence-corrected chi connectivity index (χ0v) is 13.1. The van der Waals surface area contributed by atoms with Gasteiger partial charge in [0.1, 0.15) is 5.82 Å². The second-order valence-electron chi connectivity index (χ2n) is 3.99. The third kappa shape index (κ3) is 9.28. The molecule has 0 atom stereocenters. The summed E-state index contributed by atoms with van der Waals surface area (Å²) in [5, 5.41) is 5.08. The van der Waals surface area contributed by atoms with E-state index in [0.717, 1.165) is 17.1 Å². The first-order valence-corrected chi connectivity index (χ1v) is 7.22. The molecule has 1 aromatic rings. The first-order valence-electron chi connectivity index (χ1n) is 6.23. The molecule has 2 amide bonds. The summed E-state index contributed by atoms with van der Waals surface area (Å²) >= 11 is 1.60. The number of carbonyl (C=O) groups excluding carboxylic acids is 2. The van der Waals surface area contributed by atoms with Crippen molar-refractivity contribution in [1.82, 2.24) is 10.6 Å². The van der Waals surface area contributed by atoms with Crippen molar-refractivity contribution < 1.29 is 14.0 Å². The number of carbonyl (C=O) groups is 2. The topological polar surface area (TPSA) is 84.2 Å². The van der Waals surface area contributed by atoms with E-state index in [-0.39, 0.29) is 43.1 Å². The van der Waals surface area contributed by atoms with Crippen LogP contribution >= 0.6 is 24.2 Å². The smallest absolute Gasteiger partial charge is 0.239 e. The van der Waals surface area contributed by atoms with E-state index < -0.39 is 0 Å². The molecule has 0 saturated carbocycles. The standard InChI is InChI=1S/C13H18FN3O2S.ClH/c14-10-2-4-11(5-3-10)20-7-1-6-16-13(19)9-17-12(18)8-15;/h2-5H,1,6-9,15H2,(H,16,19)(H,17,18);1H. The average Bonchev–Trinajstić information content (AvgIpc) is 2.46. The van der Waals surface area contributed by atoms with Crippen LogP contribution in [0.3, 0.4) is 0 Å². The van der Waals surface area contributed by atoms with E-state index in [9.17, 15) is 14.0 Å². The molecule has 5 nitrogen and oxygen atoms in total. The fourth-order valence-electron chi connectivity index (χ4n) is 1.33. The van der Waals surface area contributed by atoms with Crippen LogP contribution in [0.25, 0.3) is 0 Å². The molecule has 8 heteroatoms. The highest BCUT2D eigenvalue weighted by Gasteiger charge is 2.03. The van der Waals surface area contributed by atoms with Crippen molar-refractivity contribution in [2.75, 3.05) is 25.4 Å². The third-order valence-electron chi connectivity index (χ3n) is 2.36. The number of rotatable bonds is 8. The van der Waals surface area contributed by atoms with Crippen molar-refractivity contribution in [2.24, 2.45) is 5.73 Å². The van der Waals surface area contributed by atoms with Gasteiger partial charge in [-0.1, -0.05) is 0 Å². The molecule has 0 spiro atoms. The van der Waals surface area contributed by atoms with Gasteiger partial charge in [0.2, 0.25) is 11.8 Å². The van der Waals surface area contributed by atoms with Gasteiger partial charge in [0, 0.05) is 11.4 Å². The molecule has 1 aromatic carbocycles. The van der Waals surface area contributed by atoms with E-state index in [2.05, 4.69) is 10.6 Å². The Hall–Kier alpha value is -1.31. The Bertz CT molecular complexity index is 446. The normalized spacial score (nSPS) is 9.62. The molecule has 0 fully saturated rings. The highest BCUT2D eigenvalue weighted by atomic mass is 35.5. The Balaban J connectivity index is 0.00000400. The SMILES string of the molecule is Cl.NCC(=O)NCC(=O)NCCCSc1ccc(F)cc1. The maximum Gasteiger partial charge on any atom is 0.239 e. The summed E-state index contributed by atoms with van der Waals surface area (Å²) in [5.74, 6) is -0.0205. The summed E-state index contributed by atoms with van der Waals surface area (Å²) < 4.78 is 12.7. The molecule has 0 aliphatic carbocycles. The van der Waals surface area contributed by atoms with Gasteiger partial charge in [-0.15, -0.1) is 24.2 Å². The predicted molar refractivity (Wildman–Crippen MR) is 84.1 cm³/mol. The van der Waals surface area contributed by atoms with Gasteiger partial charge in [0.15, 0.2) is 0 Å². The van der Waals surface area contributed by atoms with Gasteiger partial charge in [0.25, 0.3) is 0 Å². The van der Waals surface area contributed by atoms with E-state index >= 15 is 0 Å². The number of amides is 2.